The number of ether oxygens (including phenoxy) is 1. The van der Waals surface area contributed by atoms with E-state index in [1.165, 1.54) is 24.8 Å². The molecule has 108 valence electrons. The van der Waals surface area contributed by atoms with Gasteiger partial charge in [0.15, 0.2) is 0 Å². The van der Waals surface area contributed by atoms with E-state index in [1.54, 1.807) is 0 Å². The average molecular weight is 271 g/mol. The van der Waals surface area contributed by atoms with Crippen molar-refractivity contribution in [1.82, 2.24) is 0 Å². The first-order valence-corrected chi connectivity index (χ1v) is 7.69. The number of hydrogen-bond donors (Lipinski definition) is 1. The molecular formula is C18H25NO. The van der Waals surface area contributed by atoms with Gasteiger partial charge in [0.25, 0.3) is 0 Å². The quantitative estimate of drug-likeness (QED) is 0.852. The second-order valence-electron chi connectivity index (χ2n) is 5.67. The fourth-order valence-electron chi connectivity index (χ4n) is 2.83. The molecule has 2 rings (SSSR count). The Balaban J connectivity index is 2.05. The Morgan fingerprint density at radius 2 is 2.00 bits per heavy atom. The SMILES string of the molecule is CCC1CCC(Oc2ccc(C)cc2C#CCN)CC1. The lowest BCUT2D eigenvalue weighted by Crippen LogP contribution is -2.24. The minimum atomic E-state index is 0.346. The molecule has 2 nitrogen and oxygen atoms in total. The molecular weight excluding hydrogens is 246 g/mol. The Labute approximate surface area is 122 Å². The van der Waals surface area contributed by atoms with E-state index in [0.29, 0.717) is 12.6 Å². The molecule has 1 aliphatic rings. The van der Waals surface area contributed by atoms with Crippen LogP contribution in [0.4, 0.5) is 0 Å². The van der Waals surface area contributed by atoms with Gasteiger partial charge in [-0.15, -0.1) is 0 Å². The number of aryl methyl sites for hydroxylation is 1. The molecule has 0 saturated heterocycles. The molecule has 0 atom stereocenters. The minimum Gasteiger partial charge on any atom is -0.489 e. The molecule has 1 saturated carbocycles. The van der Waals surface area contributed by atoms with Crippen LogP contribution in [-0.4, -0.2) is 12.6 Å². The van der Waals surface area contributed by atoms with Gasteiger partial charge in [-0.3, -0.25) is 0 Å². The number of benzene rings is 1. The van der Waals surface area contributed by atoms with E-state index in [9.17, 15) is 0 Å². The molecule has 0 bridgehead atoms. The summed E-state index contributed by atoms with van der Waals surface area (Å²) >= 11 is 0. The first-order valence-electron chi connectivity index (χ1n) is 7.69. The van der Waals surface area contributed by atoms with Crippen LogP contribution in [0.2, 0.25) is 0 Å². The zero-order valence-electron chi connectivity index (χ0n) is 12.6. The number of rotatable bonds is 3. The van der Waals surface area contributed by atoms with Gasteiger partial charge >= 0.3 is 0 Å². The highest BCUT2D eigenvalue weighted by molar-refractivity contribution is 5.48. The zero-order valence-corrected chi connectivity index (χ0v) is 12.6. The van der Waals surface area contributed by atoms with Gasteiger partial charge in [0.1, 0.15) is 5.75 Å². The largest absolute Gasteiger partial charge is 0.489 e. The Morgan fingerprint density at radius 1 is 1.25 bits per heavy atom. The topological polar surface area (TPSA) is 35.2 Å². The first kappa shape index (κ1) is 14.9. The Kier molecular flexibility index (Phi) is 5.49. The minimum absolute atomic E-state index is 0.346. The molecule has 0 unspecified atom stereocenters. The van der Waals surface area contributed by atoms with Crippen LogP contribution in [-0.2, 0) is 0 Å². The third-order valence-corrected chi connectivity index (χ3v) is 4.12. The van der Waals surface area contributed by atoms with Crippen molar-refractivity contribution in [3.63, 3.8) is 0 Å². The first-order chi connectivity index (χ1) is 9.72. The monoisotopic (exact) mass is 271 g/mol. The summed E-state index contributed by atoms with van der Waals surface area (Å²) in [5, 5.41) is 0. The highest BCUT2D eigenvalue weighted by atomic mass is 16.5. The Bertz CT molecular complexity index is 490. The lowest BCUT2D eigenvalue weighted by atomic mass is 9.86. The van der Waals surface area contributed by atoms with Crippen molar-refractivity contribution >= 4 is 0 Å². The summed E-state index contributed by atoms with van der Waals surface area (Å²) in [7, 11) is 0. The van der Waals surface area contributed by atoms with Crippen LogP contribution in [0.25, 0.3) is 0 Å². The van der Waals surface area contributed by atoms with E-state index >= 15 is 0 Å². The molecule has 1 fully saturated rings. The molecule has 0 heterocycles. The van der Waals surface area contributed by atoms with Crippen molar-refractivity contribution in [2.45, 2.75) is 52.1 Å². The molecule has 0 spiro atoms. The highest BCUT2D eigenvalue weighted by Gasteiger charge is 2.21. The van der Waals surface area contributed by atoms with E-state index < -0.39 is 0 Å². The van der Waals surface area contributed by atoms with Crippen LogP contribution in [0.5, 0.6) is 5.75 Å². The van der Waals surface area contributed by atoms with Gasteiger partial charge in [-0.1, -0.05) is 31.3 Å². The van der Waals surface area contributed by atoms with E-state index in [-0.39, 0.29) is 0 Å². The van der Waals surface area contributed by atoms with Crippen molar-refractivity contribution in [2.75, 3.05) is 6.54 Å². The fraction of sp³-hybridized carbons (Fsp3) is 0.556. The van der Waals surface area contributed by atoms with Gasteiger partial charge in [-0.25, -0.2) is 0 Å². The summed E-state index contributed by atoms with van der Waals surface area (Å²) in [6.07, 6.45) is 6.55. The Morgan fingerprint density at radius 3 is 2.65 bits per heavy atom. The molecule has 1 aromatic carbocycles. The molecule has 1 aliphatic carbocycles. The van der Waals surface area contributed by atoms with E-state index in [4.69, 9.17) is 10.5 Å². The maximum absolute atomic E-state index is 6.19. The van der Waals surface area contributed by atoms with Crippen molar-refractivity contribution in [3.8, 4) is 17.6 Å². The summed E-state index contributed by atoms with van der Waals surface area (Å²) in [6, 6.07) is 6.21. The van der Waals surface area contributed by atoms with Gasteiger partial charge in [-0.05, 0) is 56.2 Å². The Hall–Kier alpha value is -1.46. The second kappa shape index (κ2) is 7.36. The van der Waals surface area contributed by atoms with Crippen molar-refractivity contribution in [2.24, 2.45) is 11.7 Å². The summed E-state index contributed by atoms with van der Waals surface area (Å²) in [5.74, 6) is 7.85. The molecule has 1 aromatic rings. The van der Waals surface area contributed by atoms with Crippen molar-refractivity contribution in [3.05, 3.63) is 29.3 Å². The molecule has 0 amide bonds. The molecule has 20 heavy (non-hydrogen) atoms. The van der Waals surface area contributed by atoms with Crippen molar-refractivity contribution < 1.29 is 4.74 Å². The summed E-state index contributed by atoms with van der Waals surface area (Å²) in [6.45, 7) is 4.74. The fourth-order valence-corrected chi connectivity index (χ4v) is 2.83. The van der Waals surface area contributed by atoms with Gasteiger partial charge in [0, 0.05) is 0 Å². The van der Waals surface area contributed by atoms with Crippen LogP contribution in [0.3, 0.4) is 0 Å². The standard InChI is InChI=1S/C18H25NO/c1-3-15-7-9-17(10-8-15)20-18-11-6-14(2)13-16(18)5-4-12-19/h6,11,13,15,17H,3,7-10,12,19H2,1-2H3. The lowest BCUT2D eigenvalue weighted by molar-refractivity contribution is 0.129. The summed E-state index contributed by atoms with van der Waals surface area (Å²) in [5.41, 5.74) is 7.63. The average Bonchev–Trinajstić information content (AvgIpc) is 2.48. The molecule has 0 aliphatic heterocycles. The van der Waals surface area contributed by atoms with Crippen LogP contribution >= 0.6 is 0 Å². The predicted octanol–water partition coefficient (Wildman–Crippen LogP) is 3.65. The maximum atomic E-state index is 6.19. The lowest BCUT2D eigenvalue weighted by Gasteiger charge is -2.28. The van der Waals surface area contributed by atoms with E-state index in [1.807, 2.05) is 6.07 Å². The number of hydrogen-bond acceptors (Lipinski definition) is 2. The van der Waals surface area contributed by atoms with Crippen LogP contribution in [0.1, 0.15) is 50.2 Å². The normalized spacial score (nSPS) is 21.9. The predicted molar refractivity (Wildman–Crippen MR) is 83.8 cm³/mol. The van der Waals surface area contributed by atoms with E-state index in [2.05, 4.69) is 37.8 Å². The molecule has 0 radical (unpaired) electrons. The van der Waals surface area contributed by atoms with Crippen LogP contribution in [0.15, 0.2) is 18.2 Å². The third kappa shape index (κ3) is 4.02. The maximum Gasteiger partial charge on any atom is 0.135 e. The van der Waals surface area contributed by atoms with Crippen LogP contribution < -0.4 is 10.5 Å². The van der Waals surface area contributed by atoms with Crippen LogP contribution in [0, 0.1) is 24.7 Å². The zero-order chi connectivity index (χ0) is 14.4. The highest BCUT2D eigenvalue weighted by Crippen LogP contribution is 2.30. The molecule has 2 heteroatoms. The van der Waals surface area contributed by atoms with Gasteiger partial charge in [0.2, 0.25) is 0 Å². The van der Waals surface area contributed by atoms with Gasteiger partial charge < -0.3 is 10.5 Å². The second-order valence-corrected chi connectivity index (χ2v) is 5.67. The third-order valence-electron chi connectivity index (χ3n) is 4.12. The number of nitrogens with two attached hydrogens (primary N) is 1. The van der Waals surface area contributed by atoms with Crippen molar-refractivity contribution in [1.29, 1.82) is 0 Å². The smallest absolute Gasteiger partial charge is 0.135 e. The summed E-state index contributed by atoms with van der Waals surface area (Å²) in [4.78, 5) is 0. The van der Waals surface area contributed by atoms with Gasteiger partial charge in [0.05, 0.1) is 18.2 Å². The summed E-state index contributed by atoms with van der Waals surface area (Å²) < 4.78 is 6.19. The molecule has 0 aromatic heterocycles. The van der Waals surface area contributed by atoms with E-state index in [0.717, 1.165) is 30.1 Å². The van der Waals surface area contributed by atoms with Gasteiger partial charge in [-0.2, -0.15) is 0 Å². The molecule has 2 N–H and O–H groups in total.